The minimum atomic E-state index is -1.17. The zero-order valence-electron chi connectivity index (χ0n) is 20.6. The minimum absolute atomic E-state index is 0.0369. The fourth-order valence-corrected chi connectivity index (χ4v) is 3.86. The molecule has 196 valence electrons. The number of carbonyl (C=O) groups excluding carboxylic acids is 4. The van der Waals surface area contributed by atoms with Crippen LogP contribution in [-0.2, 0) is 4.74 Å². The molecule has 0 fully saturated rings. The van der Waals surface area contributed by atoms with E-state index in [-0.39, 0.29) is 29.0 Å². The van der Waals surface area contributed by atoms with Crippen molar-refractivity contribution in [1.82, 2.24) is 0 Å². The molecule has 9 nitrogen and oxygen atoms in total. The van der Waals surface area contributed by atoms with Gasteiger partial charge in [-0.1, -0.05) is 48.5 Å². The lowest BCUT2D eigenvalue weighted by Gasteiger charge is -2.19. The van der Waals surface area contributed by atoms with Crippen LogP contribution in [0.3, 0.4) is 0 Å². The van der Waals surface area contributed by atoms with E-state index in [1.807, 2.05) is 0 Å². The maximum absolute atomic E-state index is 13.8. The molecule has 9 heteroatoms. The summed E-state index contributed by atoms with van der Waals surface area (Å²) in [6.07, 6.45) is 0. The highest BCUT2D eigenvalue weighted by Gasteiger charge is 2.37. The van der Waals surface area contributed by atoms with Gasteiger partial charge in [-0.15, -0.1) is 0 Å². The van der Waals surface area contributed by atoms with Crippen LogP contribution in [0.15, 0.2) is 84.9 Å². The first kappa shape index (κ1) is 26.6. The van der Waals surface area contributed by atoms with Gasteiger partial charge < -0.3 is 24.8 Å². The predicted molar refractivity (Wildman–Crippen MR) is 139 cm³/mol. The number of benzene rings is 4. The van der Waals surface area contributed by atoms with Gasteiger partial charge in [0.2, 0.25) is 5.75 Å². The summed E-state index contributed by atoms with van der Waals surface area (Å²) in [4.78, 5) is 53.6. The SMILES string of the molecule is CCOC(=O)c1c(C(=O)c2ccccc2)c(O)c(O)c(OC(=O)c2ccccc2)c1C(=O)c1ccc(O)cc1. The zero-order valence-corrected chi connectivity index (χ0v) is 20.6. The van der Waals surface area contributed by atoms with Gasteiger partial charge >= 0.3 is 11.9 Å². The molecule has 0 aromatic heterocycles. The molecule has 0 aliphatic heterocycles. The Bertz CT molecular complexity index is 1560. The lowest BCUT2D eigenvalue weighted by Crippen LogP contribution is -2.21. The van der Waals surface area contributed by atoms with E-state index < -0.39 is 57.4 Å². The minimum Gasteiger partial charge on any atom is -0.508 e. The van der Waals surface area contributed by atoms with Crippen molar-refractivity contribution in [1.29, 1.82) is 0 Å². The molecule has 4 aromatic rings. The molecule has 0 radical (unpaired) electrons. The van der Waals surface area contributed by atoms with Crippen molar-refractivity contribution in [2.45, 2.75) is 6.92 Å². The quantitative estimate of drug-likeness (QED) is 0.129. The van der Waals surface area contributed by atoms with E-state index in [4.69, 9.17) is 9.47 Å². The normalized spacial score (nSPS) is 10.5. The van der Waals surface area contributed by atoms with Gasteiger partial charge in [0.05, 0.1) is 28.9 Å². The average Bonchev–Trinajstić information content (AvgIpc) is 2.96. The fourth-order valence-electron chi connectivity index (χ4n) is 3.86. The highest BCUT2D eigenvalue weighted by Crippen LogP contribution is 2.46. The van der Waals surface area contributed by atoms with Crippen LogP contribution in [0, 0.1) is 0 Å². The van der Waals surface area contributed by atoms with E-state index in [0.29, 0.717) is 0 Å². The Morgan fingerprint density at radius 2 is 1.10 bits per heavy atom. The molecule has 0 atom stereocenters. The number of ether oxygens (including phenoxy) is 2. The highest BCUT2D eigenvalue weighted by atomic mass is 16.5. The molecule has 3 N–H and O–H groups in total. The molecule has 0 unspecified atom stereocenters. The first-order valence-electron chi connectivity index (χ1n) is 11.7. The van der Waals surface area contributed by atoms with Crippen molar-refractivity contribution in [3.8, 4) is 23.0 Å². The Hall–Kier alpha value is -5.44. The third kappa shape index (κ3) is 5.33. The summed E-state index contributed by atoms with van der Waals surface area (Å²) in [7, 11) is 0. The van der Waals surface area contributed by atoms with E-state index in [1.54, 1.807) is 36.4 Å². The Morgan fingerprint density at radius 1 is 0.590 bits per heavy atom. The first-order chi connectivity index (χ1) is 18.7. The molecule has 0 saturated heterocycles. The van der Waals surface area contributed by atoms with Gasteiger partial charge in [-0.3, -0.25) is 9.59 Å². The van der Waals surface area contributed by atoms with Crippen molar-refractivity contribution in [2.75, 3.05) is 6.61 Å². The molecule has 4 rings (SSSR count). The molecule has 0 saturated carbocycles. The van der Waals surface area contributed by atoms with E-state index >= 15 is 0 Å². The maximum atomic E-state index is 13.8. The molecule has 0 spiro atoms. The summed E-state index contributed by atoms with van der Waals surface area (Å²) < 4.78 is 10.5. The van der Waals surface area contributed by atoms with Gasteiger partial charge in [-0.05, 0) is 43.3 Å². The van der Waals surface area contributed by atoms with Crippen LogP contribution in [0.25, 0.3) is 0 Å². The number of hydrogen-bond donors (Lipinski definition) is 3. The fraction of sp³-hybridized carbons (Fsp3) is 0.0667. The second kappa shape index (κ2) is 11.3. The third-order valence-corrected chi connectivity index (χ3v) is 5.71. The Morgan fingerprint density at radius 3 is 1.67 bits per heavy atom. The summed E-state index contributed by atoms with van der Waals surface area (Å²) in [5.74, 6) is -7.21. The molecule has 0 heterocycles. The van der Waals surface area contributed by atoms with Crippen LogP contribution in [0.2, 0.25) is 0 Å². The van der Waals surface area contributed by atoms with Crippen LogP contribution in [-0.4, -0.2) is 45.4 Å². The number of esters is 2. The number of rotatable bonds is 8. The number of hydrogen-bond acceptors (Lipinski definition) is 9. The molecule has 0 aliphatic rings. The number of carbonyl (C=O) groups is 4. The van der Waals surface area contributed by atoms with E-state index in [1.165, 1.54) is 55.5 Å². The second-order valence-electron chi connectivity index (χ2n) is 8.20. The Labute approximate surface area is 222 Å². The van der Waals surface area contributed by atoms with Crippen molar-refractivity contribution < 1.29 is 44.0 Å². The van der Waals surface area contributed by atoms with E-state index in [9.17, 15) is 34.5 Å². The Kier molecular flexibility index (Phi) is 7.72. The zero-order chi connectivity index (χ0) is 28.1. The van der Waals surface area contributed by atoms with Crippen LogP contribution in [0.5, 0.6) is 23.0 Å². The molecular weight excluding hydrogens is 504 g/mol. The number of phenolic OH excluding ortho intramolecular Hbond substituents is 3. The molecule has 39 heavy (non-hydrogen) atoms. The molecule has 4 aromatic carbocycles. The standard InChI is InChI=1S/C30H22O9/c1-2-38-30(37)21-22(24(32)17-9-5-3-6-10-17)26(34)27(35)28(39-29(36)19-11-7-4-8-12-19)23(21)25(33)18-13-15-20(31)16-14-18/h3-16,31,34-35H,2H2,1H3. The summed E-state index contributed by atoms with van der Waals surface area (Å²) in [5, 5.41) is 31.7. The lowest BCUT2D eigenvalue weighted by atomic mass is 9.88. The Balaban J connectivity index is 2.05. The summed E-state index contributed by atoms with van der Waals surface area (Å²) in [6.45, 7) is 1.33. The van der Waals surface area contributed by atoms with Crippen molar-refractivity contribution >= 4 is 23.5 Å². The number of aromatic hydroxyl groups is 3. The molecule has 0 aliphatic carbocycles. The van der Waals surface area contributed by atoms with Crippen LogP contribution in [0.4, 0.5) is 0 Å². The van der Waals surface area contributed by atoms with Crippen LogP contribution < -0.4 is 4.74 Å². The predicted octanol–water partition coefficient (Wildman–Crippen LogP) is 4.66. The van der Waals surface area contributed by atoms with Gasteiger partial charge in [-0.25, -0.2) is 9.59 Å². The molecular formula is C30H22O9. The molecule has 0 bridgehead atoms. The van der Waals surface area contributed by atoms with Crippen molar-refractivity contribution in [2.24, 2.45) is 0 Å². The average molecular weight is 526 g/mol. The van der Waals surface area contributed by atoms with Gasteiger partial charge in [0.1, 0.15) is 5.75 Å². The summed E-state index contributed by atoms with van der Waals surface area (Å²) in [6, 6.07) is 20.1. The van der Waals surface area contributed by atoms with E-state index in [0.717, 1.165) is 0 Å². The number of ketones is 2. The van der Waals surface area contributed by atoms with Gasteiger partial charge in [0.15, 0.2) is 23.1 Å². The third-order valence-electron chi connectivity index (χ3n) is 5.71. The number of phenols is 3. The monoisotopic (exact) mass is 526 g/mol. The van der Waals surface area contributed by atoms with Gasteiger partial charge in [0.25, 0.3) is 0 Å². The van der Waals surface area contributed by atoms with Crippen molar-refractivity contribution in [3.05, 3.63) is 118 Å². The summed E-state index contributed by atoms with van der Waals surface area (Å²) in [5.41, 5.74) is -2.10. The summed E-state index contributed by atoms with van der Waals surface area (Å²) >= 11 is 0. The van der Waals surface area contributed by atoms with Crippen LogP contribution in [0.1, 0.15) is 59.5 Å². The van der Waals surface area contributed by atoms with Gasteiger partial charge in [-0.2, -0.15) is 0 Å². The van der Waals surface area contributed by atoms with Crippen molar-refractivity contribution in [3.63, 3.8) is 0 Å². The maximum Gasteiger partial charge on any atom is 0.343 e. The highest BCUT2D eigenvalue weighted by molar-refractivity contribution is 6.24. The van der Waals surface area contributed by atoms with E-state index in [2.05, 4.69) is 0 Å². The van der Waals surface area contributed by atoms with Crippen LogP contribution >= 0.6 is 0 Å². The molecule has 0 amide bonds. The van der Waals surface area contributed by atoms with Gasteiger partial charge in [0, 0.05) is 11.1 Å². The first-order valence-corrected chi connectivity index (χ1v) is 11.7. The smallest absolute Gasteiger partial charge is 0.343 e. The topological polar surface area (TPSA) is 147 Å². The second-order valence-corrected chi connectivity index (χ2v) is 8.20. The lowest BCUT2D eigenvalue weighted by molar-refractivity contribution is 0.0517. The largest absolute Gasteiger partial charge is 0.508 e.